The molecule has 6 aromatic rings. The Bertz CT molecular complexity index is 2340. The van der Waals surface area contributed by atoms with Crippen molar-refractivity contribution in [3.63, 3.8) is 0 Å². The average Bonchev–Trinajstić information content (AvgIpc) is 3.46. The Labute approximate surface area is 330 Å². The van der Waals surface area contributed by atoms with Crippen LogP contribution in [-0.4, -0.2) is 7.28 Å². The van der Waals surface area contributed by atoms with Gasteiger partial charge in [-0.1, -0.05) is 220 Å². The summed E-state index contributed by atoms with van der Waals surface area (Å²) in [5.74, 6) is 0.172. The Balaban J connectivity index is 1.53. The molecule has 0 spiro atoms. The molecule has 7 rings (SSSR count). The maximum Gasteiger partial charge on any atom is 0.192 e. The number of hydrogen-bond donors (Lipinski definition) is 0. The minimum Gasteiger partial charge on any atom is -0.0991 e. The molecule has 0 saturated carbocycles. The highest BCUT2D eigenvalue weighted by Crippen LogP contribution is 2.58. The van der Waals surface area contributed by atoms with E-state index >= 15 is 0 Å². The van der Waals surface area contributed by atoms with Gasteiger partial charge in [-0.2, -0.15) is 0 Å². The summed E-state index contributed by atoms with van der Waals surface area (Å²) in [4.78, 5) is 0. The van der Waals surface area contributed by atoms with Crippen LogP contribution in [0.15, 0.2) is 211 Å². The summed E-state index contributed by atoms with van der Waals surface area (Å²) in [6, 6.07) is 55.8. The number of allylic oxidation sites excluding steroid dienone is 9. The predicted molar refractivity (Wildman–Crippen MR) is 239 cm³/mol. The van der Waals surface area contributed by atoms with Gasteiger partial charge in [0, 0.05) is 5.92 Å². The molecule has 0 fully saturated rings. The van der Waals surface area contributed by atoms with Crippen LogP contribution in [0.1, 0.15) is 67.3 Å². The highest BCUT2D eigenvalue weighted by molar-refractivity contribution is 6.68. The molecule has 1 aliphatic rings. The van der Waals surface area contributed by atoms with Crippen LogP contribution in [0.5, 0.6) is 0 Å². The Morgan fingerprint density at radius 3 is 1.84 bits per heavy atom. The van der Waals surface area contributed by atoms with E-state index in [1.54, 1.807) is 0 Å². The molecule has 1 atom stereocenters. The summed E-state index contributed by atoms with van der Waals surface area (Å²) in [7, 11) is 2.34. The molecule has 55 heavy (non-hydrogen) atoms. The number of hydrogen-bond acceptors (Lipinski definition) is 0. The van der Waals surface area contributed by atoms with Crippen molar-refractivity contribution in [1.29, 1.82) is 0 Å². The molecular weight excluding hydrogens is 659 g/mol. The monoisotopic (exact) mass is 709 g/mol. The molecule has 6 aromatic carbocycles. The standard InChI is InChI=1S/C54H50B/c1-6-9-24-41(22-7-2)43(23-8-3)36-51-40(5)50-35-39(4)49(38-52(50)54(51,45-27-16-11-17-28-45)46-29-18-12-19-30-46)48-34-33-44(42-25-14-10-15-26-42)37-53(48)55-47-31-20-13-21-32-47/h6,9-38,40H,1,7-8H2,2-5H3/b24-9-,41-22+,43-23+,51-36+. The fraction of sp³-hybridized carbons (Fsp3) is 0.148. The number of rotatable bonds is 12. The Morgan fingerprint density at radius 1 is 0.655 bits per heavy atom. The number of benzene rings is 6. The molecule has 1 aliphatic carbocycles. The van der Waals surface area contributed by atoms with Crippen LogP contribution in [0.4, 0.5) is 0 Å². The average molecular weight is 710 g/mol. The lowest BCUT2D eigenvalue weighted by atomic mass is 9.61. The third-order valence-corrected chi connectivity index (χ3v) is 11.1. The first-order chi connectivity index (χ1) is 27.0. The first-order valence-electron chi connectivity index (χ1n) is 19.8. The highest BCUT2D eigenvalue weighted by Gasteiger charge is 2.49. The fourth-order valence-electron chi connectivity index (χ4n) is 8.56. The van der Waals surface area contributed by atoms with E-state index in [-0.39, 0.29) is 5.92 Å². The Kier molecular flexibility index (Phi) is 11.6. The maximum atomic E-state index is 3.98. The zero-order chi connectivity index (χ0) is 38.2. The molecule has 0 heterocycles. The quantitative estimate of drug-likeness (QED) is 0.0877. The molecule has 0 aliphatic heterocycles. The van der Waals surface area contributed by atoms with Crippen molar-refractivity contribution in [2.24, 2.45) is 0 Å². The van der Waals surface area contributed by atoms with E-state index in [0.29, 0.717) is 0 Å². The van der Waals surface area contributed by atoms with E-state index in [1.807, 2.05) is 6.08 Å². The molecule has 0 nitrogen and oxygen atoms in total. The second-order valence-corrected chi connectivity index (χ2v) is 14.5. The van der Waals surface area contributed by atoms with E-state index in [9.17, 15) is 0 Å². The first-order valence-corrected chi connectivity index (χ1v) is 19.8. The molecule has 0 N–H and O–H groups in total. The van der Waals surface area contributed by atoms with Gasteiger partial charge < -0.3 is 0 Å². The van der Waals surface area contributed by atoms with E-state index < -0.39 is 5.41 Å². The van der Waals surface area contributed by atoms with Crippen molar-refractivity contribution in [3.05, 3.63) is 239 Å². The third kappa shape index (κ3) is 7.45. The van der Waals surface area contributed by atoms with Gasteiger partial charge in [0.2, 0.25) is 0 Å². The van der Waals surface area contributed by atoms with Crippen molar-refractivity contribution in [2.75, 3.05) is 0 Å². The summed E-state index contributed by atoms with van der Waals surface area (Å²) in [5.41, 5.74) is 17.2. The van der Waals surface area contributed by atoms with Crippen molar-refractivity contribution < 1.29 is 0 Å². The van der Waals surface area contributed by atoms with Gasteiger partial charge >= 0.3 is 0 Å². The van der Waals surface area contributed by atoms with Gasteiger partial charge in [0.25, 0.3) is 0 Å². The second-order valence-electron chi connectivity index (χ2n) is 14.5. The van der Waals surface area contributed by atoms with Crippen LogP contribution < -0.4 is 10.9 Å². The van der Waals surface area contributed by atoms with Crippen LogP contribution in [-0.2, 0) is 5.41 Å². The van der Waals surface area contributed by atoms with Crippen molar-refractivity contribution in [3.8, 4) is 22.3 Å². The van der Waals surface area contributed by atoms with Crippen LogP contribution in [0.25, 0.3) is 22.3 Å². The normalized spacial score (nSPS) is 16.0. The van der Waals surface area contributed by atoms with Gasteiger partial charge in [0.05, 0.1) is 5.41 Å². The molecule has 1 radical (unpaired) electrons. The van der Waals surface area contributed by atoms with Gasteiger partial charge in [-0.05, 0) is 92.6 Å². The number of aryl methyl sites for hydroxylation is 1. The zero-order valence-electron chi connectivity index (χ0n) is 32.7. The minimum atomic E-state index is -0.515. The van der Waals surface area contributed by atoms with Gasteiger partial charge in [-0.25, -0.2) is 0 Å². The van der Waals surface area contributed by atoms with Crippen molar-refractivity contribution in [1.82, 2.24) is 0 Å². The largest absolute Gasteiger partial charge is 0.192 e. The molecule has 0 aromatic heterocycles. The molecule has 1 heteroatoms. The second kappa shape index (κ2) is 17.0. The summed E-state index contributed by atoms with van der Waals surface area (Å²) in [5, 5.41) is 0. The summed E-state index contributed by atoms with van der Waals surface area (Å²) >= 11 is 0. The molecular formula is C54H50B. The van der Waals surface area contributed by atoms with Crippen LogP contribution in [0.2, 0.25) is 0 Å². The van der Waals surface area contributed by atoms with Crippen molar-refractivity contribution >= 4 is 18.2 Å². The highest BCUT2D eigenvalue weighted by atomic mass is 14.5. The summed E-state index contributed by atoms with van der Waals surface area (Å²) in [6.45, 7) is 13.1. The SMILES string of the molecule is C=C\C=C/C(=C\CC)C(=C/CC)/C=C1\C(C)c2cc(C)c(-c3ccc(-c4ccccc4)cc3[B]c3ccccc3)cc2C1(c1ccccc1)c1ccccc1. The topological polar surface area (TPSA) is 0 Å². The van der Waals surface area contributed by atoms with E-state index in [4.69, 9.17) is 0 Å². The van der Waals surface area contributed by atoms with E-state index in [2.05, 4.69) is 224 Å². The van der Waals surface area contributed by atoms with Gasteiger partial charge in [0.1, 0.15) is 0 Å². The third-order valence-electron chi connectivity index (χ3n) is 11.1. The molecule has 0 saturated heterocycles. The molecule has 0 amide bonds. The van der Waals surface area contributed by atoms with Crippen molar-refractivity contribution in [2.45, 2.75) is 51.9 Å². The van der Waals surface area contributed by atoms with Crippen LogP contribution in [0, 0.1) is 6.92 Å². The van der Waals surface area contributed by atoms with Crippen LogP contribution >= 0.6 is 0 Å². The van der Waals surface area contributed by atoms with Gasteiger partial charge in [-0.15, -0.1) is 0 Å². The smallest absolute Gasteiger partial charge is 0.0991 e. The molecule has 0 bridgehead atoms. The lowest BCUT2D eigenvalue weighted by molar-refractivity contribution is 0.718. The van der Waals surface area contributed by atoms with E-state index in [0.717, 1.165) is 12.8 Å². The van der Waals surface area contributed by atoms with Crippen LogP contribution in [0.3, 0.4) is 0 Å². The maximum absolute atomic E-state index is 3.98. The molecule has 1 unspecified atom stereocenters. The fourth-order valence-corrected chi connectivity index (χ4v) is 8.56. The Hall–Kier alpha value is -5.92. The van der Waals surface area contributed by atoms with E-state index in [1.165, 1.54) is 77.7 Å². The summed E-state index contributed by atoms with van der Waals surface area (Å²) in [6.07, 6.45) is 15.3. The molecule has 269 valence electrons. The zero-order valence-corrected chi connectivity index (χ0v) is 32.7. The lowest BCUT2D eigenvalue weighted by Gasteiger charge is -2.35. The lowest BCUT2D eigenvalue weighted by Crippen LogP contribution is -2.30. The summed E-state index contributed by atoms with van der Waals surface area (Å²) < 4.78 is 0. The van der Waals surface area contributed by atoms with Gasteiger partial charge in [0.15, 0.2) is 7.28 Å². The first kappa shape index (κ1) is 37.4. The van der Waals surface area contributed by atoms with Gasteiger partial charge in [-0.3, -0.25) is 0 Å². The Morgan fingerprint density at radius 2 is 1.24 bits per heavy atom. The minimum absolute atomic E-state index is 0.172. The number of fused-ring (bicyclic) bond motifs is 1. The predicted octanol–water partition coefficient (Wildman–Crippen LogP) is 12.8.